The Morgan fingerprint density at radius 3 is 2.45 bits per heavy atom. The lowest BCUT2D eigenvalue weighted by Crippen LogP contribution is -2.62. The van der Waals surface area contributed by atoms with Gasteiger partial charge in [-0.25, -0.2) is 13.2 Å². The number of hydrogen-bond acceptors (Lipinski definition) is 8. The van der Waals surface area contributed by atoms with E-state index in [-0.39, 0.29) is 13.0 Å². The number of nitro groups is 1. The Kier molecular flexibility index (Phi) is 6.33. The van der Waals surface area contributed by atoms with Gasteiger partial charge in [0.15, 0.2) is 4.90 Å². The summed E-state index contributed by atoms with van der Waals surface area (Å²) in [5.41, 5.74) is 0.475. The van der Waals surface area contributed by atoms with Gasteiger partial charge in [-0.3, -0.25) is 10.1 Å². The van der Waals surface area contributed by atoms with Crippen molar-refractivity contribution < 1.29 is 32.3 Å². The van der Waals surface area contributed by atoms with Crippen LogP contribution in [0.15, 0.2) is 52.5 Å². The SMILES string of the molecule is C/C=C1\CN(S(=O)(=O)c2ccccc2[N+](=O)[O-])C2CC1C(C(=O)OC)=CC2(OC)OC. The van der Waals surface area contributed by atoms with Gasteiger partial charge < -0.3 is 14.2 Å². The average molecular weight is 452 g/mol. The van der Waals surface area contributed by atoms with Gasteiger partial charge in [-0.15, -0.1) is 0 Å². The lowest BCUT2D eigenvalue weighted by molar-refractivity contribution is -0.387. The molecule has 31 heavy (non-hydrogen) atoms. The fraction of sp³-hybridized carbons (Fsp3) is 0.450. The summed E-state index contributed by atoms with van der Waals surface area (Å²) in [6.45, 7) is 1.66. The van der Waals surface area contributed by atoms with Crippen molar-refractivity contribution in [2.45, 2.75) is 30.1 Å². The van der Waals surface area contributed by atoms with Crippen LogP contribution in [0.4, 0.5) is 5.69 Å². The molecule has 2 aliphatic rings. The highest BCUT2D eigenvalue weighted by molar-refractivity contribution is 7.89. The molecule has 0 saturated carbocycles. The quantitative estimate of drug-likeness (QED) is 0.211. The Balaban J connectivity index is 2.22. The number of para-hydroxylation sites is 1. The molecule has 1 aliphatic carbocycles. The zero-order valence-corrected chi connectivity index (χ0v) is 18.4. The standard InChI is InChI=1S/C20H24N2O8S/c1-5-13-12-21(31(26,27)17-9-7-6-8-16(17)22(24)25)18-10-14(13)15(19(23)28-2)11-20(18,29-3)30-4/h5-9,11,14,18H,10,12H2,1-4H3/b13-5+. The van der Waals surface area contributed by atoms with Gasteiger partial charge in [0.25, 0.3) is 15.7 Å². The van der Waals surface area contributed by atoms with Crippen molar-refractivity contribution in [2.24, 2.45) is 5.92 Å². The monoisotopic (exact) mass is 452 g/mol. The first kappa shape index (κ1) is 23.1. The largest absolute Gasteiger partial charge is 0.466 e. The van der Waals surface area contributed by atoms with Crippen molar-refractivity contribution in [1.82, 2.24) is 4.31 Å². The number of piperidine rings is 1. The Morgan fingerprint density at radius 1 is 1.26 bits per heavy atom. The number of methoxy groups -OCH3 is 3. The third-order valence-electron chi connectivity index (χ3n) is 5.87. The number of ether oxygens (including phenoxy) is 3. The van der Waals surface area contributed by atoms with E-state index in [1.807, 2.05) is 0 Å². The molecule has 1 heterocycles. The van der Waals surface area contributed by atoms with Crippen molar-refractivity contribution >= 4 is 21.7 Å². The number of hydrogen-bond donors (Lipinski definition) is 0. The maximum atomic E-state index is 13.6. The lowest BCUT2D eigenvalue weighted by atomic mass is 9.74. The second-order valence-corrected chi connectivity index (χ2v) is 9.02. The Hall–Kier alpha value is -2.60. The second kappa shape index (κ2) is 8.50. The van der Waals surface area contributed by atoms with Crippen LogP contribution in [0.1, 0.15) is 13.3 Å². The molecule has 0 amide bonds. The molecule has 3 rings (SSSR count). The lowest BCUT2D eigenvalue weighted by Gasteiger charge is -2.50. The van der Waals surface area contributed by atoms with Gasteiger partial charge in [0.2, 0.25) is 5.79 Å². The number of carbonyl (C=O) groups is 1. The van der Waals surface area contributed by atoms with E-state index >= 15 is 0 Å². The molecule has 1 aromatic carbocycles. The van der Waals surface area contributed by atoms with Crippen LogP contribution < -0.4 is 0 Å². The minimum atomic E-state index is -4.32. The van der Waals surface area contributed by atoms with E-state index in [2.05, 4.69) is 0 Å². The van der Waals surface area contributed by atoms with Gasteiger partial charge in [0.05, 0.1) is 18.1 Å². The molecule has 0 radical (unpaired) electrons. The maximum Gasteiger partial charge on any atom is 0.334 e. The van der Waals surface area contributed by atoms with Crippen molar-refractivity contribution in [3.63, 3.8) is 0 Å². The minimum Gasteiger partial charge on any atom is -0.466 e. The van der Waals surface area contributed by atoms with Crippen LogP contribution in [-0.4, -0.2) is 63.3 Å². The molecule has 1 aromatic rings. The molecular formula is C20H24N2O8S. The van der Waals surface area contributed by atoms with Crippen LogP contribution in [0.2, 0.25) is 0 Å². The van der Waals surface area contributed by atoms with E-state index in [1.165, 1.54) is 45.6 Å². The Labute approximate surface area is 180 Å². The van der Waals surface area contributed by atoms with Crippen LogP contribution in [0.5, 0.6) is 0 Å². The van der Waals surface area contributed by atoms with Crippen LogP contribution in [0.3, 0.4) is 0 Å². The third kappa shape index (κ3) is 3.67. The topological polar surface area (TPSA) is 125 Å². The van der Waals surface area contributed by atoms with Crippen molar-refractivity contribution in [1.29, 1.82) is 0 Å². The highest BCUT2D eigenvalue weighted by atomic mass is 32.2. The van der Waals surface area contributed by atoms with E-state index in [1.54, 1.807) is 13.0 Å². The number of esters is 1. The van der Waals surface area contributed by atoms with Crippen LogP contribution in [0, 0.1) is 16.0 Å². The zero-order chi connectivity index (χ0) is 23.0. The number of rotatable bonds is 6. The summed E-state index contributed by atoms with van der Waals surface area (Å²) in [6.07, 6.45) is 3.37. The molecule has 0 N–H and O–H groups in total. The zero-order valence-electron chi connectivity index (χ0n) is 17.6. The summed E-state index contributed by atoms with van der Waals surface area (Å²) < 4.78 is 44.5. The summed E-state index contributed by atoms with van der Waals surface area (Å²) >= 11 is 0. The number of benzene rings is 1. The number of fused-ring (bicyclic) bond motifs is 2. The molecule has 10 nitrogen and oxygen atoms in total. The van der Waals surface area contributed by atoms with Gasteiger partial charge in [0, 0.05) is 38.3 Å². The summed E-state index contributed by atoms with van der Waals surface area (Å²) in [5.74, 6) is -2.52. The van der Waals surface area contributed by atoms with Gasteiger partial charge in [-0.05, 0) is 25.5 Å². The van der Waals surface area contributed by atoms with Crippen molar-refractivity contribution in [3.05, 3.63) is 57.7 Å². The molecule has 2 bridgehead atoms. The fourth-order valence-electron chi connectivity index (χ4n) is 4.29. The fourth-order valence-corrected chi connectivity index (χ4v) is 6.08. The summed E-state index contributed by atoms with van der Waals surface area (Å²) in [5, 5.41) is 11.5. The summed E-state index contributed by atoms with van der Waals surface area (Å²) in [4.78, 5) is 22.8. The molecule has 0 spiro atoms. The van der Waals surface area contributed by atoms with E-state index in [9.17, 15) is 23.3 Å². The number of carbonyl (C=O) groups excluding carboxylic acids is 1. The van der Waals surface area contributed by atoms with E-state index < -0.39 is 49.2 Å². The Morgan fingerprint density at radius 2 is 1.90 bits per heavy atom. The summed E-state index contributed by atoms with van der Waals surface area (Å²) in [6, 6.07) is 4.32. The number of nitro benzene ring substituents is 1. The van der Waals surface area contributed by atoms with Gasteiger partial charge in [-0.2, -0.15) is 4.31 Å². The van der Waals surface area contributed by atoms with Gasteiger partial charge >= 0.3 is 5.97 Å². The highest BCUT2D eigenvalue weighted by Crippen LogP contribution is 2.47. The highest BCUT2D eigenvalue weighted by Gasteiger charge is 2.55. The molecule has 1 fully saturated rings. The first-order valence-corrected chi connectivity index (χ1v) is 10.9. The molecule has 11 heteroatoms. The van der Waals surface area contributed by atoms with E-state index in [0.717, 1.165) is 10.4 Å². The predicted molar refractivity (Wildman–Crippen MR) is 109 cm³/mol. The summed E-state index contributed by atoms with van der Waals surface area (Å²) in [7, 11) is -0.370. The number of nitrogens with zero attached hydrogens (tertiary/aromatic N) is 2. The first-order valence-electron chi connectivity index (χ1n) is 9.48. The number of sulfonamides is 1. The molecule has 1 aliphatic heterocycles. The van der Waals surface area contributed by atoms with Crippen molar-refractivity contribution in [2.75, 3.05) is 27.9 Å². The van der Waals surface area contributed by atoms with Gasteiger partial charge in [0.1, 0.15) is 0 Å². The third-order valence-corrected chi connectivity index (χ3v) is 7.77. The van der Waals surface area contributed by atoms with Crippen LogP contribution in [0.25, 0.3) is 0 Å². The normalized spacial score (nSPS) is 24.5. The molecule has 1 saturated heterocycles. The second-order valence-electron chi connectivity index (χ2n) is 7.16. The minimum absolute atomic E-state index is 0.0803. The Bertz CT molecular complexity index is 1060. The first-order chi connectivity index (χ1) is 14.7. The van der Waals surface area contributed by atoms with Gasteiger partial charge in [-0.1, -0.05) is 23.8 Å². The molecule has 0 aromatic heterocycles. The average Bonchev–Trinajstić information content (AvgIpc) is 2.79. The smallest absolute Gasteiger partial charge is 0.334 e. The van der Waals surface area contributed by atoms with Crippen LogP contribution >= 0.6 is 0 Å². The van der Waals surface area contributed by atoms with E-state index in [0.29, 0.717) is 11.1 Å². The van der Waals surface area contributed by atoms with Crippen molar-refractivity contribution in [3.8, 4) is 0 Å². The van der Waals surface area contributed by atoms with E-state index in [4.69, 9.17) is 14.2 Å². The number of allylic oxidation sites excluding steroid dienone is 1. The molecule has 2 unspecified atom stereocenters. The molecular weight excluding hydrogens is 428 g/mol. The van der Waals surface area contributed by atoms with Crippen LogP contribution in [-0.2, 0) is 29.0 Å². The maximum absolute atomic E-state index is 13.6. The predicted octanol–water partition coefficient (Wildman–Crippen LogP) is 2.02. The molecule has 2 atom stereocenters. The molecule has 168 valence electrons.